The number of hydrogen-bond donors (Lipinski definition) is 0. The van der Waals surface area contributed by atoms with Crippen molar-refractivity contribution >= 4 is 25.7 Å². The van der Waals surface area contributed by atoms with E-state index in [9.17, 15) is 9.59 Å². The minimum atomic E-state index is -1.81. The lowest BCUT2D eigenvalue weighted by molar-refractivity contribution is -0.140. The van der Waals surface area contributed by atoms with Crippen LogP contribution in [0.3, 0.4) is 0 Å². The van der Waals surface area contributed by atoms with Crippen LogP contribution in [0.25, 0.3) is 0 Å². The molecule has 1 aliphatic heterocycles. The Bertz CT molecular complexity index is 409. The number of carbonyl (C=O) groups excluding carboxylic acids is 2. The summed E-state index contributed by atoms with van der Waals surface area (Å²) in [5.41, 5.74) is 0.276. The van der Waals surface area contributed by atoms with E-state index in [4.69, 9.17) is 4.53 Å². The quantitative estimate of drug-likeness (QED) is 0.451. The highest BCUT2D eigenvalue weighted by Crippen LogP contribution is 2.25. The molecule has 0 atom stereocenters. The number of amides is 1. The molecular formula is C13H22N2O3Si. The van der Waals surface area contributed by atoms with Crippen molar-refractivity contribution in [3.63, 3.8) is 0 Å². The van der Waals surface area contributed by atoms with Crippen molar-refractivity contribution in [3.8, 4) is 0 Å². The first-order valence-corrected chi connectivity index (χ1v) is 10.4. The highest BCUT2D eigenvalue weighted by molar-refractivity contribution is 6.70. The number of oxime groups is 1. The van der Waals surface area contributed by atoms with E-state index < -0.39 is 20.0 Å². The van der Waals surface area contributed by atoms with Crippen molar-refractivity contribution in [2.24, 2.45) is 5.16 Å². The number of likely N-dealkylation sites (tertiary alicyclic amines) is 1. The fraction of sp³-hybridized carbons (Fsp3) is 0.769. The maximum Gasteiger partial charge on any atom is 0.297 e. The van der Waals surface area contributed by atoms with Gasteiger partial charge in [0.25, 0.3) is 20.0 Å². The zero-order valence-corrected chi connectivity index (χ0v) is 12.9. The minimum absolute atomic E-state index is 0.213. The van der Waals surface area contributed by atoms with Gasteiger partial charge in [0.1, 0.15) is 0 Å². The molecule has 0 bridgehead atoms. The van der Waals surface area contributed by atoms with Gasteiger partial charge in [0.2, 0.25) is 0 Å². The smallest absolute Gasteiger partial charge is 0.297 e. The first-order valence-electron chi connectivity index (χ1n) is 6.99. The summed E-state index contributed by atoms with van der Waals surface area (Å²) in [4.78, 5) is 25.6. The van der Waals surface area contributed by atoms with E-state index in [2.05, 4.69) is 5.16 Å². The molecular weight excluding hydrogens is 260 g/mol. The average Bonchev–Trinajstić information content (AvgIpc) is 2.64. The van der Waals surface area contributed by atoms with E-state index in [0.29, 0.717) is 6.54 Å². The van der Waals surface area contributed by atoms with Gasteiger partial charge in [-0.3, -0.25) is 9.59 Å². The van der Waals surface area contributed by atoms with Crippen molar-refractivity contribution in [1.82, 2.24) is 4.90 Å². The number of nitrogens with zero attached hydrogens (tertiary/aromatic N) is 2. The molecule has 0 aromatic carbocycles. The monoisotopic (exact) mass is 282 g/mol. The SMILES string of the molecule is C[Si](C)(C)O/N=C1/CN(C2CCCCC2)C(=O)C1=O. The fourth-order valence-corrected chi connectivity index (χ4v) is 2.89. The highest BCUT2D eigenvalue weighted by Gasteiger charge is 2.40. The molecule has 1 heterocycles. The Hall–Kier alpha value is -1.17. The van der Waals surface area contributed by atoms with Gasteiger partial charge in [-0.15, -0.1) is 5.16 Å². The summed E-state index contributed by atoms with van der Waals surface area (Å²) in [6, 6.07) is 0.213. The average molecular weight is 282 g/mol. The summed E-state index contributed by atoms with van der Waals surface area (Å²) in [6.07, 6.45) is 5.51. The molecule has 1 saturated carbocycles. The predicted octanol–water partition coefficient (Wildman–Crippen LogP) is 1.94. The molecule has 106 valence electrons. The normalized spacial score (nSPS) is 24.4. The van der Waals surface area contributed by atoms with Gasteiger partial charge in [0.15, 0.2) is 5.71 Å². The van der Waals surface area contributed by atoms with Crippen LogP contribution in [0.15, 0.2) is 5.16 Å². The summed E-state index contributed by atoms with van der Waals surface area (Å²) < 4.78 is 5.39. The Balaban J connectivity index is 2.05. The zero-order valence-electron chi connectivity index (χ0n) is 11.9. The van der Waals surface area contributed by atoms with Crippen molar-refractivity contribution in [2.45, 2.75) is 57.8 Å². The molecule has 5 nitrogen and oxygen atoms in total. The van der Waals surface area contributed by atoms with Crippen LogP contribution in [-0.4, -0.2) is 43.2 Å². The van der Waals surface area contributed by atoms with Gasteiger partial charge in [-0.05, 0) is 32.5 Å². The molecule has 2 aliphatic rings. The third-order valence-corrected chi connectivity index (χ3v) is 4.12. The van der Waals surface area contributed by atoms with Crippen molar-refractivity contribution in [2.75, 3.05) is 6.54 Å². The zero-order chi connectivity index (χ0) is 14.0. The Morgan fingerprint density at radius 1 is 1.16 bits per heavy atom. The summed E-state index contributed by atoms with van der Waals surface area (Å²) in [5, 5.41) is 3.94. The van der Waals surface area contributed by atoms with E-state index in [1.165, 1.54) is 6.42 Å². The first kappa shape index (κ1) is 14.2. The molecule has 2 fully saturated rings. The summed E-state index contributed by atoms with van der Waals surface area (Å²) in [5.74, 6) is -0.881. The maximum absolute atomic E-state index is 12.0. The fourth-order valence-electron chi connectivity index (χ4n) is 2.51. The second-order valence-electron chi connectivity index (χ2n) is 6.30. The standard InChI is InChI=1S/C13H22N2O3Si/c1-19(2,3)18-14-11-9-15(13(17)12(11)16)10-7-5-4-6-8-10/h10H,4-9H2,1-3H3/b14-11-. The summed E-state index contributed by atoms with van der Waals surface area (Å²) in [6.45, 7) is 6.32. The van der Waals surface area contributed by atoms with Gasteiger partial charge < -0.3 is 9.43 Å². The minimum Gasteiger partial charge on any atom is -0.455 e. The second kappa shape index (κ2) is 5.44. The molecule has 0 unspecified atom stereocenters. The van der Waals surface area contributed by atoms with Crippen molar-refractivity contribution in [1.29, 1.82) is 0 Å². The van der Waals surface area contributed by atoms with Gasteiger partial charge in [-0.2, -0.15) is 0 Å². The lowest BCUT2D eigenvalue weighted by atomic mass is 9.94. The molecule has 1 aliphatic carbocycles. The number of hydrogen-bond acceptors (Lipinski definition) is 4. The van der Waals surface area contributed by atoms with Gasteiger partial charge in [-0.25, -0.2) is 0 Å². The van der Waals surface area contributed by atoms with Crippen LogP contribution in [0.2, 0.25) is 19.6 Å². The third-order valence-electron chi connectivity index (χ3n) is 3.48. The second-order valence-corrected chi connectivity index (χ2v) is 10.7. The molecule has 6 heteroatoms. The molecule has 2 rings (SSSR count). The lowest BCUT2D eigenvalue weighted by Crippen LogP contribution is -2.38. The van der Waals surface area contributed by atoms with Crippen LogP contribution in [0, 0.1) is 0 Å². The van der Waals surface area contributed by atoms with Crippen LogP contribution in [-0.2, 0) is 14.1 Å². The highest BCUT2D eigenvalue weighted by atomic mass is 28.4. The largest absolute Gasteiger partial charge is 0.455 e. The Morgan fingerprint density at radius 2 is 1.79 bits per heavy atom. The number of ketones is 1. The Labute approximate surface area is 115 Å². The van der Waals surface area contributed by atoms with Gasteiger partial charge in [0.05, 0.1) is 6.54 Å². The van der Waals surface area contributed by atoms with Crippen LogP contribution in [0.1, 0.15) is 32.1 Å². The molecule has 0 aromatic rings. The third kappa shape index (κ3) is 3.43. The van der Waals surface area contributed by atoms with Crippen molar-refractivity contribution < 1.29 is 14.1 Å². The molecule has 19 heavy (non-hydrogen) atoms. The van der Waals surface area contributed by atoms with E-state index >= 15 is 0 Å². The summed E-state index contributed by atoms with van der Waals surface area (Å²) >= 11 is 0. The van der Waals surface area contributed by atoms with E-state index in [1.54, 1.807) is 4.90 Å². The number of rotatable bonds is 3. The van der Waals surface area contributed by atoms with Crippen LogP contribution < -0.4 is 0 Å². The molecule has 0 aromatic heterocycles. The number of Topliss-reactive ketones (excluding diaryl/α,β-unsaturated/α-hetero) is 1. The van der Waals surface area contributed by atoms with Crippen LogP contribution in [0.5, 0.6) is 0 Å². The molecule has 0 spiro atoms. The van der Waals surface area contributed by atoms with Gasteiger partial charge in [0, 0.05) is 6.04 Å². The molecule has 1 amide bonds. The number of carbonyl (C=O) groups is 2. The van der Waals surface area contributed by atoms with Crippen LogP contribution >= 0.6 is 0 Å². The van der Waals surface area contributed by atoms with Crippen LogP contribution in [0.4, 0.5) is 0 Å². The summed E-state index contributed by atoms with van der Waals surface area (Å²) in [7, 11) is -1.81. The topological polar surface area (TPSA) is 59.0 Å². The Morgan fingerprint density at radius 3 is 2.37 bits per heavy atom. The first-order chi connectivity index (χ1) is 8.88. The Kier molecular flexibility index (Phi) is 4.08. The van der Waals surface area contributed by atoms with E-state index in [0.717, 1.165) is 25.7 Å². The molecule has 0 N–H and O–H groups in total. The molecule has 0 radical (unpaired) electrons. The maximum atomic E-state index is 12.0. The van der Waals surface area contributed by atoms with E-state index in [1.807, 2.05) is 19.6 Å². The predicted molar refractivity (Wildman–Crippen MR) is 75.5 cm³/mol. The van der Waals surface area contributed by atoms with Gasteiger partial charge in [-0.1, -0.05) is 19.3 Å². The van der Waals surface area contributed by atoms with Crippen molar-refractivity contribution in [3.05, 3.63) is 0 Å². The van der Waals surface area contributed by atoms with E-state index in [-0.39, 0.29) is 11.8 Å². The lowest BCUT2D eigenvalue weighted by Gasteiger charge is -2.29. The van der Waals surface area contributed by atoms with Gasteiger partial charge >= 0.3 is 0 Å². The molecule has 1 saturated heterocycles.